The topological polar surface area (TPSA) is 53.7 Å². The predicted octanol–water partition coefficient (Wildman–Crippen LogP) is 5.47. The van der Waals surface area contributed by atoms with Crippen LogP contribution in [-0.4, -0.2) is 18.2 Å². The smallest absolute Gasteiger partial charge is 0.339 e. The second kappa shape index (κ2) is 10.1. The van der Waals surface area contributed by atoms with E-state index in [9.17, 15) is 9.90 Å². The van der Waals surface area contributed by atoms with E-state index in [2.05, 4.69) is 18.7 Å². The van der Waals surface area contributed by atoms with Crippen molar-refractivity contribution in [2.45, 2.75) is 65.2 Å². The van der Waals surface area contributed by atoms with E-state index in [1.165, 1.54) is 51.4 Å². The molecule has 0 saturated heterocycles. The first-order valence-corrected chi connectivity index (χ1v) is 9.67. The number of hydrogen-bond donors (Lipinski definition) is 1. The predicted molar refractivity (Wildman–Crippen MR) is 105 cm³/mol. The van der Waals surface area contributed by atoms with Gasteiger partial charge in [0.2, 0.25) is 0 Å². The van der Waals surface area contributed by atoms with E-state index in [0.29, 0.717) is 11.0 Å². The molecule has 1 N–H and O–H groups in total. The summed E-state index contributed by atoms with van der Waals surface area (Å²) in [5.41, 5.74) is 1.00. The highest BCUT2D eigenvalue weighted by Crippen LogP contribution is 2.27. The van der Waals surface area contributed by atoms with Gasteiger partial charge >= 0.3 is 5.63 Å². The highest BCUT2D eigenvalue weighted by molar-refractivity contribution is 5.85. The average molecular weight is 345 g/mol. The third-order valence-corrected chi connectivity index (χ3v) is 4.63. The monoisotopic (exact) mass is 345 g/mol. The molecule has 0 fully saturated rings. The van der Waals surface area contributed by atoms with Crippen LogP contribution in [-0.2, 0) is 0 Å². The van der Waals surface area contributed by atoms with E-state index in [1.54, 1.807) is 0 Å². The average Bonchev–Trinajstić information content (AvgIpc) is 2.59. The van der Waals surface area contributed by atoms with Gasteiger partial charge in [-0.1, -0.05) is 52.4 Å². The zero-order chi connectivity index (χ0) is 18.1. The minimum Gasteiger partial charge on any atom is -0.507 e. The fourth-order valence-electron chi connectivity index (χ4n) is 3.16. The molecule has 0 saturated carbocycles. The van der Waals surface area contributed by atoms with Crippen molar-refractivity contribution in [3.63, 3.8) is 0 Å². The second-order valence-corrected chi connectivity index (χ2v) is 6.74. The molecule has 0 aliphatic carbocycles. The zero-order valence-corrected chi connectivity index (χ0v) is 15.6. The number of nitrogens with zero attached hydrogens (tertiary/aromatic N) is 1. The van der Waals surface area contributed by atoms with Crippen LogP contribution in [0.5, 0.6) is 5.75 Å². The summed E-state index contributed by atoms with van der Waals surface area (Å²) in [4.78, 5) is 13.9. The van der Waals surface area contributed by atoms with Crippen molar-refractivity contribution in [2.75, 3.05) is 18.0 Å². The van der Waals surface area contributed by atoms with Gasteiger partial charge in [-0.3, -0.25) is 0 Å². The van der Waals surface area contributed by atoms with Crippen molar-refractivity contribution in [1.82, 2.24) is 0 Å². The van der Waals surface area contributed by atoms with Gasteiger partial charge in [-0.15, -0.1) is 0 Å². The Labute approximate surface area is 150 Å². The van der Waals surface area contributed by atoms with Crippen LogP contribution >= 0.6 is 0 Å². The Hall–Kier alpha value is -1.97. The van der Waals surface area contributed by atoms with Gasteiger partial charge in [0.15, 0.2) is 0 Å². The van der Waals surface area contributed by atoms with Gasteiger partial charge in [-0.2, -0.15) is 0 Å². The zero-order valence-electron chi connectivity index (χ0n) is 15.6. The van der Waals surface area contributed by atoms with Gasteiger partial charge in [0.05, 0.1) is 11.5 Å². The van der Waals surface area contributed by atoms with Crippen LogP contribution in [0.15, 0.2) is 33.5 Å². The first-order valence-electron chi connectivity index (χ1n) is 9.67. The van der Waals surface area contributed by atoms with Crippen molar-refractivity contribution in [3.05, 3.63) is 34.7 Å². The molecule has 0 amide bonds. The Kier molecular flexibility index (Phi) is 7.83. The fraction of sp³-hybridized carbons (Fsp3) is 0.571. The number of rotatable bonds is 11. The van der Waals surface area contributed by atoms with Gasteiger partial charge in [0.1, 0.15) is 11.3 Å². The Bertz CT molecular complexity index is 696. The summed E-state index contributed by atoms with van der Waals surface area (Å²) in [5.74, 6) is -0.0183. The quantitative estimate of drug-likeness (QED) is 0.434. The number of unbranched alkanes of at least 4 members (excludes halogenated alkanes) is 6. The van der Waals surface area contributed by atoms with Crippen LogP contribution in [0.3, 0.4) is 0 Å². The van der Waals surface area contributed by atoms with Crippen LogP contribution < -0.4 is 10.5 Å². The minimum absolute atomic E-state index is 0.0183. The summed E-state index contributed by atoms with van der Waals surface area (Å²) in [6, 6.07) is 6.86. The summed E-state index contributed by atoms with van der Waals surface area (Å²) in [6.45, 7) is 6.47. The largest absolute Gasteiger partial charge is 0.507 e. The molecule has 2 aromatic rings. The maximum Gasteiger partial charge on any atom is 0.339 e. The van der Waals surface area contributed by atoms with Crippen molar-refractivity contribution < 1.29 is 9.52 Å². The lowest BCUT2D eigenvalue weighted by molar-refractivity contribution is 0.468. The van der Waals surface area contributed by atoms with Crippen molar-refractivity contribution >= 4 is 16.7 Å². The van der Waals surface area contributed by atoms with E-state index >= 15 is 0 Å². The molecular weight excluding hydrogens is 314 g/mol. The minimum atomic E-state index is -0.514. The lowest BCUT2D eigenvalue weighted by Crippen LogP contribution is -2.25. The van der Waals surface area contributed by atoms with Crippen LogP contribution in [0.2, 0.25) is 0 Å². The summed E-state index contributed by atoms with van der Waals surface area (Å²) in [7, 11) is 0. The first kappa shape index (κ1) is 19.4. The highest BCUT2D eigenvalue weighted by Gasteiger charge is 2.10. The summed E-state index contributed by atoms with van der Waals surface area (Å²) in [6.07, 6.45) is 9.83. The molecule has 25 heavy (non-hydrogen) atoms. The number of fused-ring (bicyclic) bond motifs is 1. The van der Waals surface area contributed by atoms with Crippen LogP contribution in [0.25, 0.3) is 11.0 Å². The summed E-state index contributed by atoms with van der Waals surface area (Å²) in [5, 5.41) is 10.5. The molecule has 138 valence electrons. The van der Waals surface area contributed by atoms with Crippen molar-refractivity contribution in [1.29, 1.82) is 0 Å². The second-order valence-electron chi connectivity index (χ2n) is 6.74. The summed E-state index contributed by atoms with van der Waals surface area (Å²) < 4.78 is 5.28. The lowest BCUT2D eigenvalue weighted by atomic mass is 10.1. The molecule has 0 bridgehead atoms. The highest BCUT2D eigenvalue weighted by atomic mass is 16.4. The summed E-state index contributed by atoms with van der Waals surface area (Å²) >= 11 is 0. The van der Waals surface area contributed by atoms with E-state index in [4.69, 9.17) is 4.42 Å². The van der Waals surface area contributed by atoms with Gasteiger partial charge in [0, 0.05) is 24.8 Å². The standard InChI is InChI=1S/C21H31NO3/c1-3-5-7-9-13-22(14-10-8-6-4-2)17-11-12-18-19(23)16-21(24)25-20(18)15-17/h11-12,15-16,23H,3-10,13-14H2,1-2H3. The lowest BCUT2D eigenvalue weighted by Gasteiger charge is -2.25. The molecule has 0 radical (unpaired) electrons. The first-order chi connectivity index (χ1) is 12.2. The molecule has 0 atom stereocenters. The third kappa shape index (κ3) is 5.80. The molecule has 0 unspecified atom stereocenters. The van der Waals surface area contributed by atoms with E-state index in [1.807, 2.05) is 18.2 Å². The van der Waals surface area contributed by atoms with E-state index in [0.717, 1.165) is 24.8 Å². The molecule has 0 spiro atoms. The molecular formula is C21H31NO3. The maximum absolute atomic E-state index is 11.5. The third-order valence-electron chi connectivity index (χ3n) is 4.63. The SMILES string of the molecule is CCCCCCN(CCCCCC)c1ccc2c(O)cc(=O)oc2c1. The molecule has 1 aromatic carbocycles. The molecule has 1 aromatic heterocycles. The molecule has 2 rings (SSSR count). The van der Waals surface area contributed by atoms with Crippen LogP contribution in [0.1, 0.15) is 65.2 Å². The Balaban J connectivity index is 2.15. The molecule has 1 heterocycles. The van der Waals surface area contributed by atoms with Crippen molar-refractivity contribution in [2.24, 2.45) is 0 Å². The van der Waals surface area contributed by atoms with E-state index < -0.39 is 5.63 Å². The number of hydrogen-bond acceptors (Lipinski definition) is 4. The van der Waals surface area contributed by atoms with Crippen LogP contribution in [0, 0.1) is 0 Å². The molecule has 4 nitrogen and oxygen atoms in total. The van der Waals surface area contributed by atoms with Crippen LogP contribution in [0.4, 0.5) is 5.69 Å². The Morgan fingerprint density at radius 2 is 1.56 bits per heavy atom. The van der Waals surface area contributed by atoms with Gasteiger partial charge in [0.25, 0.3) is 0 Å². The number of anilines is 1. The molecule has 0 aliphatic heterocycles. The number of aromatic hydroxyl groups is 1. The fourth-order valence-corrected chi connectivity index (χ4v) is 3.16. The van der Waals surface area contributed by atoms with Gasteiger partial charge < -0.3 is 14.4 Å². The molecule has 0 aliphatic rings. The Morgan fingerprint density at radius 3 is 2.16 bits per heavy atom. The van der Waals surface area contributed by atoms with Gasteiger partial charge in [-0.25, -0.2) is 4.79 Å². The van der Waals surface area contributed by atoms with E-state index in [-0.39, 0.29) is 5.75 Å². The number of benzene rings is 1. The normalized spacial score (nSPS) is 11.1. The van der Waals surface area contributed by atoms with Crippen molar-refractivity contribution in [3.8, 4) is 5.75 Å². The molecule has 4 heteroatoms. The Morgan fingerprint density at radius 1 is 0.920 bits per heavy atom. The van der Waals surface area contributed by atoms with Gasteiger partial charge in [-0.05, 0) is 25.0 Å². The maximum atomic E-state index is 11.5.